The van der Waals surface area contributed by atoms with Gasteiger partial charge in [-0.25, -0.2) is 0 Å². The van der Waals surface area contributed by atoms with E-state index >= 15 is 0 Å². The Morgan fingerprint density at radius 3 is 2.87 bits per heavy atom. The van der Waals surface area contributed by atoms with E-state index in [0.29, 0.717) is 36.9 Å². The Kier molecular flexibility index (Phi) is 5.83. The van der Waals surface area contributed by atoms with Crippen LogP contribution in [-0.4, -0.2) is 55.8 Å². The van der Waals surface area contributed by atoms with E-state index in [9.17, 15) is 4.79 Å². The Hall–Kier alpha value is -2.57. The molecule has 2 fully saturated rings. The molecule has 31 heavy (non-hydrogen) atoms. The summed E-state index contributed by atoms with van der Waals surface area (Å²) in [6.07, 6.45) is 2.17. The molecule has 1 N–H and O–H groups in total. The minimum Gasteiger partial charge on any atom is -0.486 e. The predicted octanol–water partition coefficient (Wildman–Crippen LogP) is 3.18. The first-order valence-corrected chi connectivity index (χ1v) is 11.2. The largest absolute Gasteiger partial charge is 0.486 e. The van der Waals surface area contributed by atoms with Crippen molar-refractivity contribution in [3.05, 3.63) is 59.2 Å². The number of carbonyl (C=O) groups excluding carboxylic acids is 1. The van der Waals surface area contributed by atoms with Crippen LogP contribution in [0.15, 0.2) is 42.5 Å². The van der Waals surface area contributed by atoms with Gasteiger partial charge in [0, 0.05) is 24.7 Å². The summed E-state index contributed by atoms with van der Waals surface area (Å²) >= 11 is 0. The van der Waals surface area contributed by atoms with E-state index in [1.165, 1.54) is 18.5 Å². The molecule has 0 aromatic heterocycles. The van der Waals surface area contributed by atoms with Gasteiger partial charge in [-0.1, -0.05) is 29.8 Å². The van der Waals surface area contributed by atoms with Crippen LogP contribution >= 0.6 is 0 Å². The van der Waals surface area contributed by atoms with E-state index in [1.54, 1.807) is 6.07 Å². The van der Waals surface area contributed by atoms with Gasteiger partial charge in [-0.05, 0) is 56.0 Å². The van der Waals surface area contributed by atoms with Gasteiger partial charge in [0.05, 0.1) is 13.2 Å². The Balaban J connectivity index is 1.13. The summed E-state index contributed by atoms with van der Waals surface area (Å²) in [7, 11) is 0. The molecule has 3 heterocycles. The number of rotatable bonds is 6. The molecule has 164 valence electrons. The molecule has 0 aliphatic carbocycles. The van der Waals surface area contributed by atoms with Gasteiger partial charge in [0.15, 0.2) is 17.6 Å². The molecule has 0 saturated carbocycles. The molecule has 2 saturated heterocycles. The van der Waals surface area contributed by atoms with E-state index in [4.69, 9.17) is 14.2 Å². The number of ether oxygens (including phenoxy) is 3. The van der Waals surface area contributed by atoms with Crippen molar-refractivity contribution in [1.82, 2.24) is 10.2 Å². The summed E-state index contributed by atoms with van der Waals surface area (Å²) in [5.41, 5.74) is 2.99. The molecule has 6 nitrogen and oxygen atoms in total. The van der Waals surface area contributed by atoms with E-state index in [-0.39, 0.29) is 18.1 Å². The van der Waals surface area contributed by atoms with Gasteiger partial charge >= 0.3 is 0 Å². The number of fused-ring (bicyclic) bond motifs is 3. The van der Waals surface area contributed by atoms with Crippen molar-refractivity contribution in [1.29, 1.82) is 0 Å². The smallest absolute Gasteiger partial charge is 0.251 e. The normalized spacial score (nSPS) is 26.5. The first kappa shape index (κ1) is 20.3. The fourth-order valence-corrected chi connectivity index (χ4v) is 4.76. The van der Waals surface area contributed by atoms with Crippen molar-refractivity contribution in [2.45, 2.75) is 38.5 Å². The van der Waals surface area contributed by atoms with Gasteiger partial charge < -0.3 is 24.4 Å². The maximum absolute atomic E-state index is 12.7. The summed E-state index contributed by atoms with van der Waals surface area (Å²) in [4.78, 5) is 15.2. The monoisotopic (exact) mass is 422 g/mol. The van der Waals surface area contributed by atoms with Crippen molar-refractivity contribution in [2.24, 2.45) is 5.92 Å². The molecule has 5 rings (SSSR count). The lowest BCUT2D eigenvalue weighted by atomic mass is 9.96. The highest BCUT2D eigenvalue weighted by molar-refractivity contribution is 5.95. The number of aryl methyl sites for hydroxylation is 1. The Bertz CT molecular complexity index is 918. The summed E-state index contributed by atoms with van der Waals surface area (Å²) in [5.74, 6) is 1.97. The maximum Gasteiger partial charge on any atom is 0.251 e. The first-order chi connectivity index (χ1) is 15.1. The van der Waals surface area contributed by atoms with Gasteiger partial charge in [0.1, 0.15) is 6.61 Å². The fraction of sp³-hybridized carbons (Fsp3) is 0.480. The molecule has 2 bridgehead atoms. The lowest BCUT2D eigenvalue weighted by molar-refractivity contribution is 0.00268. The second-order valence-electron chi connectivity index (χ2n) is 9.03. The topological polar surface area (TPSA) is 60.0 Å². The summed E-state index contributed by atoms with van der Waals surface area (Å²) in [6.45, 7) is 6.79. The molecular weight excluding hydrogens is 392 g/mol. The zero-order chi connectivity index (χ0) is 21.2. The van der Waals surface area contributed by atoms with E-state index in [0.717, 1.165) is 31.0 Å². The molecule has 0 spiro atoms. The third kappa shape index (κ3) is 4.86. The van der Waals surface area contributed by atoms with Gasteiger partial charge in [0.2, 0.25) is 0 Å². The number of carbonyl (C=O) groups is 1. The van der Waals surface area contributed by atoms with Gasteiger partial charge in [0.25, 0.3) is 5.91 Å². The van der Waals surface area contributed by atoms with Gasteiger partial charge in [-0.2, -0.15) is 0 Å². The molecule has 4 atom stereocenters. The molecule has 1 unspecified atom stereocenters. The number of amides is 1. The summed E-state index contributed by atoms with van der Waals surface area (Å²) in [5, 5.41) is 3.20. The Labute approximate surface area is 183 Å². The van der Waals surface area contributed by atoms with Crippen LogP contribution in [0.4, 0.5) is 0 Å². The molecule has 2 aromatic rings. The highest BCUT2D eigenvalue weighted by Crippen LogP contribution is 2.33. The SMILES string of the molecule is Cc1ccc(COC[C@H]2COc3cc(C(=O)N[C@H]4C[C@@H]5CCN(C5)C4)ccc3O2)cc1. The molecule has 3 aliphatic rings. The lowest BCUT2D eigenvalue weighted by Crippen LogP contribution is -2.47. The molecule has 3 aliphatic heterocycles. The van der Waals surface area contributed by atoms with Gasteiger partial charge in [-0.15, -0.1) is 0 Å². The number of nitrogens with zero attached hydrogens (tertiary/aromatic N) is 1. The fourth-order valence-electron chi connectivity index (χ4n) is 4.76. The highest BCUT2D eigenvalue weighted by Gasteiger charge is 2.33. The zero-order valence-electron chi connectivity index (χ0n) is 18.0. The van der Waals surface area contributed by atoms with Crippen molar-refractivity contribution < 1.29 is 19.0 Å². The van der Waals surface area contributed by atoms with Crippen molar-refractivity contribution >= 4 is 5.91 Å². The Morgan fingerprint density at radius 1 is 1.16 bits per heavy atom. The molecule has 6 heteroatoms. The van der Waals surface area contributed by atoms with Crippen molar-refractivity contribution in [3.8, 4) is 11.5 Å². The minimum absolute atomic E-state index is 0.0394. The highest BCUT2D eigenvalue weighted by atomic mass is 16.6. The summed E-state index contributed by atoms with van der Waals surface area (Å²) < 4.78 is 17.7. The van der Waals surface area contributed by atoms with Crippen LogP contribution in [0.1, 0.15) is 34.3 Å². The number of piperidine rings is 1. The van der Waals surface area contributed by atoms with Crippen LogP contribution < -0.4 is 14.8 Å². The third-order valence-electron chi connectivity index (χ3n) is 6.42. The molecule has 0 radical (unpaired) electrons. The molecular formula is C25H30N2O4. The number of hydrogen-bond donors (Lipinski definition) is 1. The van der Waals surface area contributed by atoms with Gasteiger partial charge in [-0.3, -0.25) is 4.79 Å². The Morgan fingerprint density at radius 2 is 2.03 bits per heavy atom. The van der Waals surface area contributed by atoms with Crippen molar-refractivity contribution in [3.63, 3.8) is 0 Å². The van der Waals surface area contributed by atoms with Crippen molar-refractivity contribution in [2.75, 3.05) is 32.8 Å². The van der Waals surface area contributed by atoms with Crippen LogP contribution in [-0.2, 0) is 11.3 Å². The predicted molar refractivity (Wildman–Crippen MR) is 118 cm³/mol. The number of benzene rings is 2. The molecule has 2 aromatic carbocycles. The quantitative estimate of drug-likeness (QED) is 0.775. The zero-order valence-corrected chi connectivity index (χ0v) is 18.0. The second kappa shape index (κ2) is 8.89. The first-order valence-electron chi connectivity index (χ1n) is 11.2. The molecule has 1 amide bonds. The van der Waals surface area contributed by atoms with Crippen LogP contribution in [0.3, 0.4) is 0 Å². The van der Waals surface area contributed by atoms with Crippen LogP contribution in [0.25, 0.3) is 0 Å². The average molecular weight is 423 g/mol. The van der Waals surface area contributed by atoms with E-state index < -0.39 is 0 Å². The number of hydrogen-bond acceptors (Lipinski definition) is 5. The standard InChI is InChI=1S/C25H30N2O4/c1-17-2-4-18(5-3-17)14-29-15-22-16-30-24-11-20(6-7-23(24)31-22)25(28)26-21-10-19-8-9-27(12-19)13-21/h2-7,11,19,21-22H,8-10,12-16H2,1H3,(H,26,28)/t19-,21-,22-/m0/s1. The average Bonchev–Trinajstić information content (AvgIpc) is 3.12. The summed E-state index contributed by atoms with van der Waals surface area (Å²) in [6, 6.07) is 14.0. The van der Waals surface area contributed by atoms with Crippen LogP contribution in [0, 0.1) is 12.8 Å². The minimum atomic E-state index is -0.163. The third-order valence-corrected chi connectivity index (χ3v) is 6.42. The maximum atomic E-state index is 12.7. The number of nitrogens with one attached hydrogen (secondary N) is 1. The van der Waals surface area contributed by atoms with Crippen LogP contribution in [0.5, 0.6) is 11.5 Å². The van der Waals surface area contributed by atoms with E-state index in [1.807, 2.05) is 12.1 Å². The second-order valence-corrected chi connectivity index (χ2v) is 9.03. The van der Waals surface area contributed by atoms with Crippen LogP contribution in [0.2, 0.25) is 0 Å². The van der Waals surface area contributed by atoms with E-state index in [2.05, 4.69) is 41.4 Å². The lowest BCUT2D eigenvalue weighted by Gasteiger charge is -2.30.